The van der Waals surface area contributed by atoms with Crippen molar-refractivity contribution in [3.63, 3.8) is 0 Å². The lowest BCUT2D eigenvalue weighted by Crippen LogP contribution is -2.30. The normalized spacial score (nSPS) is 25.9. The Labute approximate surface area is 59.6 Å². The van der Waals surface area contributed by atoms with Gasteiger partial charge >= 0.3 is 0 Å². The van der Waals surface area contributed by atoms with Gasteiger partial charge in [-0.3, -0.25) is 4.79 Å². The van der Waals surface area contributed by atoms with Crippen LogP contribution in [-0.4, -0.2) is 16.8 Å². The number of hydrogen-bond donors (Lipinski definition) is 1. The summed E-state index contributed by atoms with van der Waals surface area (Å²) in [6.45, 7) is 1.59. The molecule has 1 aliphatic heterocycles. The van der Waals surface area contributed by atoms with E-state index in [4.69, 9.17) is 12.2 Å². The Kier molecular flexibility index (Phi) is 1.81. The molecule has 1 heterocycles. The monoisotopic (exact) mass is 143 g/mol. The Balaban J connectivity index is 2.48. The highest BCUT2D eigenvalue weighted by molar-refractivity contribution is 7.80. The van der Waals surface area contributed by atoms with Gasteiger partial charge in [-0.2, -0.15) is 0 Å². The molecule has 3 heteroatoms. The van der Waals surface area contributed by atoms with Crippen molar-refractivity contribution in [1.29, 1.82) is 0 Å². The molecule has 0 aromatic carbocycles. The lowest BCUT2D eigenvalue weighted by molar-refractivity contribution is -0.118. The first-order chi connectivity index (χ1) is 4.20. The summed E-state index contributed by atoms with van der Waals surface area (Å²) in [7, 11) is 0. The van der Waals surface area contributed by atoms with Crippen molar-refractivity contribution in [3.05, 3.63) is 0 Å². The van der Waals surface area contributed by atoms with E-state index in [1.165, 1.54) is 0 Å². The number of Topliss-reactive ketones (excluding diaryl/α,β-unsaturated/α-hetero) is 1. The minimum absolute atomic E-state index is 0.0116. The van der Waals surface area contributed by atoms with Gasteiger partial charge in [-0.05, 0) is 13.3 Å². The molecule has 1 fully saturated rings. The quantitative estimate of drug-likeness (QED) is 0.547. The van der Waals surface area contributed by atoms with Crippen molar-refractivity contribution in [2.24, 2.45) is 0 Å². The van der Waals surface area contributed by atoms with Crippen LogP contribution in [0.3, 0.4) is 0 Å². The molecule has 0 unspecified atom stereocenters. The van der Waals surface area contributed by atoms with Gasteiger partial charge in [0.15, 0.2) is 5.78 Å². The number of carbonyl (C=O) groups excluding carboxylic acids is 1. The van der Waals surface area contributed by atoms with Crippen molar-refractivity contribution in [3.8, 4) is 0 Å². The van der Waals surface area contributed by atoms with E-state index < -0.39 is 0 Å². The van der Waals surface area contributed by atoms with E-state index in [9.17, 15) is 4.79 Å². The van der Waals surface area contributed by atoms with Crippen LogP contribution in [0.5, 0.6) is 0 Å². The van der Waals surface area contributed by atoms with Gasteiger partial charge in [0.25, 0.3) is 0 Å². The summed E-state index contributed by atoms with van der Waals surface area (Å²) in [5, 5.41) is 2.94. The molecule has 0 aliphatic carbocycles. The number of nitrogens with one attached hydrogen (secondary N) is 1. The Hall–Kier alpha value is -0.440. The average Bonchev–Trinajstić information content (AvgIpc) is 2.14. The molecule has 0 saturated carbocycles. The van der Waals surface area contributed by atoms with Gasteiger partial charge in [0.1, 0.15) is 0 Å². The lowest BCUT2D eigenvalue weighted by Gasteiger charge is -2.03. The molecule has 1 N–H and O–H groups in total. The van der Waals surface area contributed by atoms with Gasteiger partial charge in [-0.1, -0.05) is 12.2 Å². The van der Waals surface area contributed by atoms with Crippen LogP contribution in [0.2, 0.25) is 0 Å². The number of rotatable bonds is 1. The van der Waals surface area contributed by atoms with E-state index in [0.717, 1.165) is 17.8 Å². The van der Waals surface area contributed by atoms with Crippen LogP contribution in [0.4, 0.5) is 0 Å². The molecule has 0 aromatic heterocycles. The highest BCUT2D eigenvalue weighted by atomic mass is 32.1. The molecule has 1 saturated heterocycles. The zero-order chi connectivity index (χ0) is 6.85. The zero-order valence-corrected chi connectivity index (χ0v) is 6.12. The zero-order valence-electron chi connectivity index (χ0n) is 5.31. The molecule has 0 amide bonds. The average molecular weight is 143 g/mol. The third-order valence-electron chi connectivity index (χ3n) is 1.49. The van der Waals surface area contributed by atoms with Crippen LogP contribution in [0.15, 0.2) is 0 Å². The van der Waals surface area contributed by atoms with Crippen molar-refractivity contribution < 1.29 is 4.79 Å². The standard InChI is InChI=1S/C6H9NOS/c1-4(8)5-2-3-6(9)7-5/h5H,2-3H2,1H3,(H,7,9)/t5-/m0/s1. The maximum absolute atomic E-state index is 10.7. The predicted molar refractivity (Wildman–Crippen MR) is 39.4 cm³/mol. The van der Waals surface area contributed by atoms with Gasteiger partial charge in [-0.15, -0.1) is 0 Å². The van der Waals surface area contributed by atoms with Crippen molar-refractivity contribution >= 4 is 23.0 Å². The summed E-state index contributed by atoms with van der Waals surface area (Å²) < 4.78 is 0. The first-order valence-electron chi connectivity index (χ1n) is 3.00. The summed E-state index contributed by atoms with van der Waals surface area (Å²) in [6, 6.07) is 0.0116. The molecule has 0 aromatic rings. The van der Waals surface area contributed by atoms with Crippen molar-refractivity contribution in [2.75, 3.05) is 0 Å². The number of hydrogen-bond acceptors (Lipinski definition) is 2. The van der Waals surface area contributed by atoms with E-state index in [0.29, 0.717) is 0 Å². The van der Waals surface area contributed by atoms with Gasteiger partial charge in [-0.25, -0.2) is 0 Å². The highest BCUT2D eigenvalue weighted by Crippen LogP contribution is 2.07. The number of carbonyl (C=O) groups is 1. The topological polar surface area (TPSA) is 29.1 Å². The summed E-state index contributed by atoms with van der Waals surface area (Å²) in [5.41, 5.74) is 0. The first kappa shape index (κ1) is 6.68. The smallest absolute Gasteiger partial charge is 0.151 e. The lowest BCUT2D eigenvalue weighted by atomic mass is 10.2. The minimum atomic E-state index is 0.0116. The Morgan fingerprint density at radius 2 is 2.56 bits per heavy atom. The fraction of sp³-hybridized carbons (Fsp3) is 0.667. The Morgan fingerprint density at radius 3 is 2.78 bits per heavy atom. The molecule has 1 aliphatic rings. The molecule has 0 radical (unpaired) electrons. The molecule has 0 spiro atoms. The van der Waals surface area contributed by atoms with Crippen molar-refractivity contribution in [1.82, 2.24) is 5.32 Å². The van der Waals surface area contributed by atoms with E-state index in [1.54, 1.807) is 6.92 Å². The Bertz CT molecular complexity index is 155. The van der Waals surface area contributed by atoms with Crippen LogP contribution in [0.25, 0.3) is 0 Å². The molecule has 1 atom stereocenters. The third kappa shape index (κ3) is 1.48. The molecular formula is C6H9NOS. The van der Waals surface area contributed by atoms with E-state index in [1.807, 2.05) is 0 Å². The summed E-state index contributed by atoms with van der Waals surface area (Å²) in [4.78, 5) is 11.5. The Morgan fingerprint density at radius 1 is 1.89 bits per heavy atom. The van der Waals surface area contributed by atoms with Crippen LogP contribution < -0.4 is 5.32 Å². The fourth-order valence-corrected chi connectivity index (χ4v) is 1.18. The van der Waals surface area contributed by atoms with Gasteiger partial charge in [0.05, 0.1) is 11.0 Å². The molecule has 2 nitrogen and oxygen atoms in total. The SMILES string of the molecule is CC(=O)[C@@H]1CCC(=S)N1. The molecule has 9 heavy (non-hydrogen) atoms. The van der Waals surface area contributed by atoms with E-state index in [2.05, 4.69) is 5.32 Å². The molecule has 50 valence electrons. The number of ketones is 1. The van der Waals surface area contributed by atoms with Crippen molar-refractivity contribution in [2.45, 2.75) is 25.8 Å². The van der Waals surface area contributed by atoms with Crippen LogP contribution in [-0.2, 0) is 4.79 Å². The molecular weight excluding hydrogens is 134 g/mol. The highest BCUT2D eigenvalue weighted by Gasteiger charge is 2.20. The molecule has 1 rings (SSSR count). The van der Waals surface area contributed by atoms with Crippen LogP contribution in [0, 0.1) is 0 Å². The second kappa shape index (κ2) is 2.43. The third-order valence-corrected chi connectivity index (χ3v) is 1.81. The van der Waals surface area contributed by atoms with Gasteiger partial charge in [0.2, 0.25) is 0 Å². The van der Waals surface area contributed by atoms with Crippen LogP contribution in [0.1, 0.15) is 19.8 Å². The summed E-state index contributed by atoms with van der Waals surface area (Å²) in [5.74, 6) is 0.190. The fourth-order valence-electron chi connectivity index (χ4n) is 0.919. The van der Waals surface area contributed by atoms with Gasteiger partial charge < -0.3 is 5.32 Å². The predicted octanol–water partition coefficient (Wildman–Crippen LogP) is 0.655. The van der Waals surface area contributed by atoms with Gasteiger partial charge in [0, 0.05) is 6.42 Å². The second-order valence-electron chi connectivity index (χ2n) is 2.27. The summed E-state index contributed by atoms with van der Waals surface area (Å²) in [6.07, 6.45) is 1.76. The minimum Gasteiger partial charge on any atom is -0.370 e. The molecule has 0 bridgehead atoms. The largest absolute Gasteiger partial charge is 0.370 e. The van der Waals surface area contributed by atoms with E-state index >= 15 is 0 Å². The summed E-state index contributed by atoms with van der Waals surface area (Å²) >= 11 is 4.85. The number of thiocarbonyl (C=S) groups is 1. The maximum atomic E-state index is 10.7. The maximum Gasteiger partial charge on any atom is 0.151 e. The van der Waals surface area contributed by atoms with Crippen LogP contribution >= 0.6 is 12.2 Å². The first-order valence-corrected chi connectivity index (χ1v) is 3.41. The van der Waals surface area contributed by atoms with E-state index in [-0.39, 0.29) is 11.8 Å². The second-order valence-corrected chi connectivity index (χ2v) is 2.76.